The zero-order valence-electron chi connectivity index (χ0n) is 27.6. The fourth-order valence-corrected chi connectivity index (χ4v) is 9.38. The van der Waals surface area contributed by atoms with Crippen molar-refractivity contribution in [2.24, 2.45) is 0 Å². The van der Waals surface area contributed by atoms with Crippen LogP contribution in [0.5, 0.6) is 0 Å². The van der Waals surface area contributed by atoms with Crippen LogP contribution < -0.4 is 4.90 Å². The molecule has 0 saturated carbocycles. The Morgan fingerprint density at radius 3 is 1.92 bits per heavy atom. The van der Waals surface area contributed by atoms with E-state index in [1.165, 1.54) is 86.7 Å². The smallest absolute Gasteiger partial charge is 0.0788 e. The molecule has 0 atom stereocenters. The number of thiophene rings is 1. The maximum atomic E-state index is 2.50. The predicted molar refractivity (Wildman–Crippen MR) is 218 cm³/mol. The van der Waals surface area contributed by atoms with Crippen LogP contribution in [0.15, 0.2) is 182 Å². The summed E-state index contributed by atoms with van der Waals surface area (Å²) in [6.07, 6.45) is 0. The van der Waals surface area contributed by atoms with Gasteiger partial charge in [0, 0.05) is 53.4 Å². The molecule has 2 nitrogen and oxygen atoms in total. The lowest BCUT2D eigenvalue weighted by atomic mass is 9.94. The summed E-state index contributed by atoms with van der Waals surface area (Å²) in [5, 5.41) is 5.11. The van der Waals surface area contributed by atoms with Crippen molar-refractivity contribution < 1.29 is 0 Å². The second-order valence-corrected chi connectivity index (χ2v) is 14.4. The third-order valence-corrected chi connectivity index (χ3v) is 11.7. The van der Waals surface area contributed by atoms with Gasteiger partial charge in [0.05, 0.1) is 22.4 Å². The van der Waals surface area contributed by atoms with Crippen molar-refractivity contribution in [2.75, 3.05) is 4.90 Å². The van der Waals surface area contributed by atoms with E-state index < -0.39 is 0 Å². The number of hydrogen-bond acceptors (Lipinski definition) is 2. The van der Waals surface area contributed by atoms with E-state index >= 15 is 0 Å². The topological polar surface area (TPSA) is 8.17 Å². The highest BCUT2D eigenvalue weighted by atomic mass is 32.1. The zero-order chi connectivity index (χ0) is 33.5. The third-order valence-electron chi connectivity index (χ3n) is 10.5. The van der Waals surface area contributed by atoms with Gasteiger partial charge in [-0.2, -0.15) is 0 Å². The van der Waals surface area contributed by atoms with E-state index in [0.717, 1.165) is 11.4 Å². The van der Waals surface area contributed by atoms with Crippen LogP contribution in [0.4, 0.5) is 17.1 Å². The second-order valence-electron chi connectivity index (χ2n) is 13.3. The Hall–Kier alpha value is -6.42. The summed E-state index contributed by atoms with van der Waals surface area (Å²) < 4.78 is 5.15. The summed E-state index contributed by atoms with van der Waals surface area (Å²) >= 11 is 1.86. The van der Waals surface area contributed by atoms with Crippen molar-refractivity contribution in [3.63, 3.8) is 0 Å². The zero-order valence-corrected chi connectivity index (χ0v) is 28.4. The van der Waals surface area contributed by atoms with Gasteiger partial charge in [-0.05, 0) is 76.9 Å². The van der Waals surface area contributed by atoms with Crippen LogP contribution in [0.3, 0.4) is 0 Å². The summed E-state index contributed by atoms with van der Waals surface area (Å²) in [7, 11) is 0. The Bertz CT molecular complexity index is 2980. The summed E-state index contributed by atoms with van der Waals surface area (Å²) in [5.74, 6) is 0. The van der Waals surface area contributed by atoms with Gasteiger partial charge in [0.1, 0.15) is 0 Å². The number of hydrogen-bond donors (Lipinski definition) is 0. The Morgan fingerprint density at radius 1 is 0.373 bits per heavy atom. The van der Waals surface area contributed by atoms with Crippen molar-refractivity contribution in [1.29, 1.82) is 0 Å². The van der Waals surface area contributed by atoms with Crippen LogP contribution in [-0.4, -0.2) is 4.57 Å². The number of fused-ring (bicyclic) bond motifs is 12. The maximum absolute atomic E-state index is 2.50. The van der Waals surface area contributed by atoms with Gasteiger partial charge in [0.2, 0.25) is 0 Å². The monoisotopic (exact) mass is 666 g/mol. The molecule has 3 heteroatoms. The van der Waals surface area contributed by atoms with Crippen molar-refractivity contribution in [3.05, 3.63) is 182 Å². The molecule has 0 bridgehead atoms. The number of rotatable bonds is 3. The molecule has 0 N–H and O–H groups in total. The highest BCUT2D eigenvalue weighted by Gasteiger charge is 2.30. The Balaban J connectivity index is 1.24. The number of anilines is 3. The van der Waals surface area contributed by atoms with E-state index in [2.05, 4.69) is 191 Å². The lowest BCUT2D eigenvalue weighted by Crippen LogP contribution is -2.12. The van der Waals surface area contributed by atoms with Crippen LogP contribution in [0.1, 0.15) is 0 Å². The van der Waals surface area contributed by atoms with Crippen LogP contribution in [0.25, 0.3) is 81.0 Å². The fourth-order valence-electron chi connectivity index (χ4n) is 8.30. The SMILES string of the molecule is c1ccc(N2c3ccccc3-c3ccccc3-c3ccc4c5ccccc5n(-c5cccc(-c6ccc7sc8ccccc8c7c6)c5)c4c32)cc1. The van der Waals surface area contributed by atoms with E-state index in [0.29, 0.717) is 0 Å². The summed E-state index contributed by atoms with van der Waals surface area (Å²) in [5.41, 5.74) is 14.4. The van der Waals surface area contributed by atoms with Crippen molar-refractivity contribution in [1.82, 2.24) is 4.57 Å². The first-order chi connectivity index (χ1) is 25.3. The average Bonchev–Trinajstić information content (AvgIpc) is 3.70. The van der Waals surface area contributed by atoms with Gasteiger partial charge < -0.3 is 9.47 Å². The van der Waals surface area contributed by atoms with Gasteiger partial charge in [-0.15, -0.1) is 11.3 Å². The number of para-hydroxylation sites is 3. The molecule has 11 rings (SSSR count). The molecule has 51 heavy (non-hydrogen) atoms. The third kappa shape index (κ3) is 4.22. The molecule has 0 spiro atoms. The molecule has 1 aliphatic heterocycles. The van der Waals surface area contributed by atoms with E-state index in [1.807, 2.05) is 11.3 Å². The van der Waals surface area contributed by atoms with Gasteiger partial charge in [0.15, 0.2) is 0 Å². The Kier molecular flexibility index (Phi) is 6.16. The average molecular weight is 667 g/mol. The van der Waals surface area contributed by atoms with Crippen LogP contribution >= 0.6 is 11.3 Å². The molecule has 238 valence electrons. The minimum Gasteiger partial charge on any atom is -0.307 e. The molecule has 10 aromatic rings. The van der Waals surface area contributed by atoms with E-state index in [1.54, 1.807) is 0 Å². The molecule has 0 fully saturated rings. The molecule has 0 unspecified atom stereocenters. The van der Waals surface area contributed by atoms with Crippen LogP contribution in [-0.2, 0) is 0 Å². The number of nitrogens with zero attached hydrogens (tertiary/aromatic N) is 2. The Morgan fingerprint density at radius 2 is 1.04 bits per heavy atom. The largest absolute Gasteiger partial charge is 0.307 e. The molecule has 0 radical (unpaired) electrons. The Labute approximate surface area is 299 Å². The number of benzene rings is 8. The van der Waals surface area contributed by atoms with Gasteiger partial charge >= 0.3 is 0 Å². The lowest BCUT2D eigenvalue weighted by Gasteiger charge is -2.28. The molecular formula is C48H30N2S. The highest BCUT2D eigenvalue weighted by molar-refractivity contribution is 7.25. The minimum absolute atomic E-state index is 1.13. The van der Waals surface area contributed by atoms with Crippen molar-refractivity contribution >= 4 is 70.4 Å². The number of aromatic nitrogens is 1. The molecule has 0 amide bonds. The molecule has 0 saturated heterocycles. The van der Waals surface area contributed by atoms with Crippen molar-refractivity contribution in [2.45, 2.75) is 0 Å². The van der Waals surface area contributed by atoms with Crippen molar-refractivity contribution in [3.8, 4) is 39.1 Å². The van der Waals surface area contributed by atoms with Crippen LogP contribution in [0, 0.1) is 0 Å². The van der Waals surface area contributed by atoms with Gasteiger partial charge in [-0.25, -0.2) is 0 Å². The minimum atomic E-state index is 1.13. The van der Waals surface area contributed by atoms with E-state index in [-0.39, 0.29) is 0 Å². The summed E-state index contributed by atoms with van der Waals surface area (Å²) in [6.45, 7) is 0. The van der Waals surface area contributed by atoms with E-state index in [9.17, 15) is 0 Å². The molecule has 2 aromatic heterocycles. The first-order valence-corrected chi connectivity index (χ1v) is 18.3. The molecule has 0 aliphatic carbocycles. The molecule has 1 aliphatic rings. The lowest BCUT2D eigenvalue weighted by molar-refractivity contribution is 1.17. The molecule has 8 aromatic carbocycles. The van der Waals surface area contributed by atoms with Gasteiger partial charge in [0.25, 0.3) is 0 Å². The van der Waals surface area contributed by atoms with Crippen LogP contribution in [0.2, 0.25) is 0 Å². The highest BCUT2D eigenvalue weighted by Crippen LogP contribution is 2.54. The fraction of sp³-hybridized carbons (Fsp3) is 0. The predicted octanol–water partition coefficient (Wildman–Crippen LogP) is 13.9. The van der Waals surface area contributed by atoms with E-state index in [4.69, 9.17) is 0 Å². The standard InChI is InChI=1S/C48H30N2S/c1-2-14-33(15-3-1)49-43-22-9-6-19-37(43)35-17-4-5-18-36(35)40-26-27-41-38-20-7-10-23-44(38)50(48(41)47(40)49)34-16-12-13-31(29-34)32-25-28-46-42(30-32)39-21-8-11-24-45(39)51-46/h1-30H. The molecular weight excluding hydrogens is 637 g/mol. The first-order valence-electron chi connectivity index (χ1n) is 17.4. The van der Waals surface area contributed by atoms with Gasteiger partial charge in [-0.1, -0.05) is 127 Å². The maximum Gasteiger partial charge on any atom is 0.0788 e. The summed E-state index contributed by atoms with van der Waals surface area (Å²) in [6, 6.07) is 66.9. The molecule has 3 heterocycles. The normalized spacial score (nSPS) is 12.3. The summed E-state index contributed by atoms with van der Waals surface area (Å²) in [4.78, 5) is 2.49. The quantitative estimate of drug-likeness (QED) is 0.182. The second kappa shape index (κ2) is 11.0. The first kappa shape index (κ1) is 28.4. The van der Waals surface area contributed by atoms with Gasteiger partial charge in [-0.3, -0.25) is 0 Å².